The largest absolute Gasteiger partial charge is 0.349 e. The predicted octanol–water partition coefficient (Wildman–Crippen LogP) is 5.20. The topological polar surface area (TPSA) is 57.6 Å². The normalized spacial score (nSPS) is 19.0. The Morgan fingerprint density at radius 1 is 0.974 bits per heavy atom. The third kappa shape index (κ3) is 5.97. The van der Waals surface area contributed by atoms with Crippen molar-refractivity contribution in [3.05, 3.63) is 69.6 Å². The van der Waals surface area contributed by atoms with Crippen molar-refractivity contribution in [2.75, 3.05) is 26.2 Å². The van der Waals surface area contributed by atoms with Crippen LogP contribution in [0.25, 0.3) is 21.9 Å². The fourth-order valence-electron chi connectivity index (χ4n) is 5.95. The zero-order valence-corrected chi connectivity index (χ0v) is 23.7. The second-order valence-corrected chi connectivity index (χ2v) is 12.4. The molecule has 0 radical (unpaired) electrons. The molecule has 206 valence electrons. The number of amides is 1. The van der Waals surface area contributed by atoms with Gasteiger partial charge in [-0.25, -0.2) is 0 Å². The van der Waals surface area contributed by atoms with Crippen LogP contribution >= 0.6 is 0 Å². The molecule has 3 aromatic rings. The van der Waals surface area contributed by atoms with Crippen molar-refractivity contribution >= 4 is 16.7 Å². The minimum absolute atomic E-state index is 0.000189. The molecule has 6 nitrogen and oxygen atoms in total. The Bertz CT molecular complexity index is 1430. The molecule has 1 saturated heterocycles. The van der Waals surface area contributed by atoms with E-state index in [1.165, 1.54) is 18.4 Å². The first-order valence-corrected chi connectivity index (χ1v) is 14.9. The second-order valence-electron chi connectivity index (χ2n) is 12.4. The van der Waals surface area contributed by atoms with Gasteiger partial charge in [0.15, 0.2) is 0 Å². The van der Waals surface area contributed by atoms with E-state index in [0.29, 0.717) is 23.6 Å². The molecule has 1 N–H and O–H groups in total. The first-order valence-electron chi connectivity index (χ1n) is 14.9. The number of aromatic nitrogens is 1. The Kier molecular flexibility index (Phi) is 7.34. The molecule has 1 aromatic heterocycles. The van der Waals surface area contributed by atoms with Gasteiger partial charge in [0.1, 0.15) is 0 Å². The number of nitrogens with zero attached hydrogens (tertiary/aromatic N) is 3. The van der Waals surface area contributed by atoms with Crippen LogP contribution in [0.4, 0.5) is 0 Å². The lowest BCUT2D eigenvalue weighted by atomic mass is 9.94. The number of hydrogen-bond donors (Lipinski definition) is 1. The molecule has 2 aromatic carbocycles. The summed E-state index contributed by atoms with van der Waals surface area (Å²) in [5, 5.41) is 4.95. The molecule has 6 rings (SSSR count). The highest BCUT2D eigenvalue weighted by Crippen LogP contribution is 2.32. The number of nitrogens with one attached hydrogen (secondary N) is 1. The monoisotopic (exact) mass is 526 g/mol. The van der Waals surface area contributed by atoms with Crippen LogP contribution in [-0.2, 0) is 13.1 Å². The van der Waals surface area contributed by atoms with E-state index in [1.54, 1.807) is 0 Å². The fraction of sp³-hybridized carbons (Fsp3) is 0.515. The summed E-state index contributed by atoms with van der Waals surface area (Å²) in [4.78, 5) is 31.5. The molecular weight excluding hydrogens is 484 g/mol. The molecule has 1 amide bonds. The lowest BCUT2D eigenvalue weighted by Crippen LogP contribution is -2.35. The number of aryl methyl sites for hydroxylation is 1. The van der Waals surface area contributed by atoms with Crippen molar-refractivity contribution in [1.29, 1.82) is 0 Å². The summed E-state index contributed by atoms with van der Waals surface area (Å²) in [5.41, 5.74) is 5.28. The summed E-state index contributed by atoms with van der Waals surface area (Å²) in [6.45, 7) is 12.7. The molecule has 3 fully saturated rings. The van der Waals surface area contributed by atoms with Crippen LogP contribution in [0.3, 0.4) is 0 Å². The Morgan fingerprint density at radius 3 is 2.54 bits per heavy atom. The highest BCUT2D eigenvalue weighted by atomic mass is 16.1. The molecule has 6 heteroatoms. The van der Waals surface area contributed by atoms with Crippen LogP contribution in [0.1, 0.15) is 67.4 Å². The van der Waals surface area contributed by atoms with Crippen LogP contribution in [0.5, 0.6) is 0 Å². The van der Waals surface area contributed by atoms with E-state index >= 15 is 0 Å². The van der Waals surface area contributed by atoms with Gasteiger partial charge in [0.25, 0.3) is 11.5 Å². The quantitative estimate of drug-likeness (QED) is 0.439. The summed E-state index contributed by atoms with van der Waals surface area (Å²) in [6, 6.07) is 13.1. The Morgan fingerprint density at radius 2 is 1.79 bits per heavy atom. The highest BCUT2D eigenvalue weighted by Gasteiger charge is 2.25. The van der Waals surface area contributed by atoms with Gasteiger partial charge in [0.2, 0.25) is 0 Å². The SMILES string of the molecule is Cc1ccc(C(=O)NC2CC2)cc1-c1ccc2c(=O)n(CC3CC3)cc(CN3CCCN(C(C)C)CC3)c2c1. The fourth-order valence-corrected chi connectivity index (χ4v) is 5.95. The van der Waals surface area contributed by atoms with E-state index in [4.69, 9.17) is 0 Å². The third-order valence-corrected chi connectivity index (χ3v) is 8.79. The van der Waals surface area contributed by atoms with Gasteiger partial charge >= 0.3 is 0 Å². The molecule has 0 unspecified atom stereocenters. The summed E-state index contributed by atoms with van der Waals surface area (Å²) < 4.78 is 1.97. The highest BCUT2D eigenvalue weighted by molar-refractivity contribution is 5.97. The zero-order valence-electron chi connectivity index (χ0n) is 23.7. The van der Waals surface area contributed by atoms with Gasteiger partial charge in [0.05, 0.1) is 0 Å². The van der Waals surface area contributed by atoms with E-state index in [2.05, 4.69) is 54.2 Å². The van der Waals surface area contributed by atoms with Gasteiger partial charge in [-0.3, -0.25) is 19.4 Å². The Hall–Kier alpha value is -2.96. The number of rotatable bonds is 8. The molecule has 1 aliphatic heterocycles. The van der Waals surface area contributed by atoms with Crippen LogP contribution in [0.2, 0.25) is 0 Å². The first kappa shape index (κ1) is 26.3. The standard InChI is InChI=1S/C33H42N4O2/c1-22(2)36-14-4-13-35(15-16-36)20-27-21-37(19-24-6-7-24)33(39)29-12-9-25(17-31(27)29)30-18-26(8-5-23(30)3)32(38)34-28-10-11-28/h5,8-9,12,17-18,21-22,24,28H,4,6-7,10-11,13-16,19-20H2,1-3H3,(H,34,38). The number of carbonyl (C=O) groups is 1. The molecule has 2 heterocycles. The van der Waals surface area contributed by atoms with Crippen molar-refractivity contribution in [1.82, 2.24) is 19.7 Å². The van der Waals surface area contributed by atoms with Gasteiger partial charge < -0.3 is 9.88 Å². The lowest BCUT2D eigenvalue weighted by molar-refractivity contribution is 0.0951. The van der Waals surface area contributed by atoms with E-state index < -0.39 is 0 Å². The zero-order chi connectivity index (χ0) is 27.1. The van der Waals surface area contributed by atoms with Gasteiger partial charge in [-0.1, -0.05) is 12.1 Å². The minimum atomic E-state index is -0.000189. The number of carbonyl (C=O) groups excluding carboxylic acids is 1. The number of hydrogen-bond acceptors (Lipinski definition) is 4. The van der Waals surface area contributed by atoms with Crippen molar-refractivity contribution in [3.8, 4) is 11.1 Å². The average Bonchev–Trinajstić information content (AvgIpc) is 3.83. The number of pyridine rings is 1. The van der Waals surface area contributed by atoms with E-state index in [-0.39, 0.29) is 11.5 Å². The van der Waals surface area contributed by atoms with Crippen molar-refractivity contribution in [2.45, 2.75) is 78.0 Å². The molecular formula is C33H42N4O2. The first-order chi connectivity index (χ1) is 18.9. The van der Waals surface area contributed by atoms with E-state index in [0.717, 1.165) is 86.0 Å². The Labute approximate surface area is 232 Å². The van der Waals surface area contributed by atoms with E-state index in [9.17, 15) is 9.59 Å². The molecule has 0 spiro atoms. The lowest BCUT2D eigenvalue weighted by Gasteiger charge is -2.25. The predicted molar refractivity (Wildman–Crippen MR) is 158 cm³/mol. The molecule has 0 bridgehead atoms. The van der Waals surface area contributed by atoms with Gasteiger partial charge in [-0.2, -0.15) is 0 Å². The smallest absolute Gasteiger partial charge is 0.258 e. The van der Waals surface area contributed by atoms with Crippen LogP contribution in [0.15, 0.2) is 47.4 Å². The summed E-state index contributed by atoms with van der Waals surface area (Å²) in [7, 11) is 0. The summed E-state index contributed by atoms with van der Waals surface area (Å²) in [5.74, 6) is 0.636. The van der Waals surface area contributed by atoms with Gasteiger partial charge in [-0.05, 0) is 124 Å². The average molecular weight is 527 g/mol. The number of benzene rings is 2. The van der Waals surface area contributed by atoms with Crippen LogP contribution in [0, 0.1) is 12.8 Å². The Balaban J connectivity index is 1.37. The van der Waals surface area contributed by atoms with Crippen molar-refractivity contribution in [2.24, 2.45) is 5.92 Å². The molecule has 3 aliphatic rings. The maximum absolute atomic E-state index is 13.6. The molecule has 2 aliphatic carbocycles. The van der Waals surface area contributed by atoms with Crippen molar-refractivity contribution < 1.29 is 4.79 Å². The van der Waals surface area contributed by atoms with Crippen molar-refractivity contribution in [3.63, 3.8) is 0 Å². The maximum Gasteiger partial charge on any atom is 0.258 e. The van der Waals surface area contributed by atoms with E-state index in [1.807, 2.05) is 28.8 Å². The maximum atomic E-state index is 13.6. The number of fused-ring (bicyclic) bond motifs is 1. The summed E-state index contributed by atoms with van der Waals surface area (Å²) in [6.07, 6.45) is 7.90. The molecule has 2 saturated carbocycles. The summed E-state index contributed by atoms with van der Waals surface area (Å²) >= 11 is 0. The van der Waals surface area contributed by atoms with Crippen LogP contribution < -0.4 is 10.9 Å². The van der Waals surface area contributed by atoms with Gasteiger partial charge in [-0.15, -0.1) is 0 Å². The molecule has 0 atom stereocenters. The van der Waals surface area contributed by atoms with Crippen LogP contribution in [-0.4, -0.2) is 58.5 Å². The molecule has 39 heavy (non-hydrogen) atoms. The second kappa shape index (κ2) is 10.9. The third-order valence-electron chi connectivity index (χ3n) is 8.79. The minimum Gasteiger partial charge on any atom is -0.349 e. The van der Waals surface area contributed by atoms with Gasteiger partial charge in [0, 0.05) is 55.4 Å².